The molecule has 0 spiro atoms. The van der Waals surface area contributed by atoms with Gasteiger partial charge in [0.15, 0.2) is 0 Å². The van der Waals surface area contributed by atoms with Gasteiger partial charge >= 0.3 is 5.97 Å². The minimum absolute atomic E-state index is 0. The predicted molar refractivity (Wildman–Crippen MR) is 27.2 cm³/mol. The second-order valence-corrected chi connectivity index (χ2v) is 1.67. The van der Waals surface area contributed by atoms with Crippen LogP contribution in [0.2, 0.25) is 0 Å². The molecule has 0 unspecified atom stereocenters. The maximum atomic E-state index is 9.65. The van der Waals surface area contributed by atoms with Crippen molar-refractivity contribution in [1.82, 2.24) is 0 Å². The van der Waals surface area contributed by atoms with Gasteiger partial charge in [-0.05, 0) is 6.92 Å². The van der Waals surface area contributed by atoms with E-state index in [-0.39, 0.29) is 24.5 Å². The third kappa shape index (κ3) is 9.45. The molecule has 0 atom stereocenters. The van der Waals surface area contributed by atoms with Gasteiger partial charge in [0.1, 0.15) is 0 Å². The molecule has 0 aliphatic carbocycles. The first-order valence-corrected chi connectivity index (χ1v) is 2.07. The van der Waals surface area contributed by atoms with Gasteiger partial charge in [-0.2, -0.15) is 0 Å². The normalized spacial score (nSPS) is 10.0. The molecule has 0 rings (SSSR count). The molecule has 4 heteroatoms. The summed E-state index contributed by atoms with van der Waals surface area (Å²) in [4.78, 5) is 9.65. The quantitative estimate of drug-likeness (QED) is 0.493. The molecule has 1 N–H and O–H groups in total. The molecule has 0 amide bonds. The largest absolute Gasteiger partial charge is 0.478 e. The number of hydrogen-bond acceptors (Lipinski definition) is 1. The Morgan fingerprint density at radius 1 is 1.75 bits per heavy atom. The van der Waals surface area contributed by atoms with E-state index in [0.717, 1.165) is 6.08 Å². The van der Waals surface area contributed by atoms with Crippen LogP contribution in [0.4, 0.5) is 0 Å². The fraction of sp³-hybridized carbons (Fsp3) is 0.250. The van der Waals surface area contributed by atoms with Gasteiger partial charge in [-0.3, -0.25) is 0 Å². The van der Waals surface area contributed by atoms with Crippen LogP contribution in [0.15, 0.2) is 11.1 Å². The number of allylic oxidation sites excluding steroid dienone is 1. The first-order chi connectivity index (χ1) is 3.13. The van der Waals surface area contributed by atoms with Gasteiger partial charge in [0, 0.05) is 30.6 Å². The molecular formula is C4H5ClO2Zn. The predicted octanol–water partition coefficient (Wildman–Crippen LogP) is 1.21. The number of hydrogen-bond donors (Lipinski definition) is 1. The van der Waals surface area contributed by atoms with Crippen LogP contribution in [0.5, 0.6) is 0 Å². The molecule has 0 aromatic carbocycles. The van der Waals surface area contributed by atoms with Crippen LogP contribution >= 0.6 is 11.6 Å². The van der Waals surface area contributed by atoms with Crippen molar-refractivity contribution in [3.8, 4) is 0 Å². The monoisotopic (exact) mass is 184 g/mol. The number of aliphatic carboxylic acids is 1. The number of rotatable bonds is 1. The minimum Gasteiger partial charge on any atom is -0.478 e. The van der Waals surface area contributed by atoms with E-state index in [1.165, 1.54) is 6.92 Å². The van der Waals surface area contributed by atoms with E-state index in [9.17, 15) is 4.79 Å². The van der Waals surface area contributed by atoms with Crippen LogP contribution in [-0.2, 0) is 24.3 Å². The fourth-order valence-electron chi connectivity index (χ4n) is 0.170. The summed E-state index contributed by atoms with van der Waals surface area (Å²) in [6.07, 6.45) is 0.932. The third-order valence-electron chi connectivity index (χ3n) is 0.322. The summed E-state index contributed by atoms with van der Waals surface area (Å²) >= 11 is 5.15. The summed E-state index contributed by atoms with van der Waals surface area (Å²) in [5, 5.41) is 8.21. The molecule has 0 bridgehead atoms. The molecule has 0 saturated carbocycles. The maximum absolute atomic E-state index is 9.65. The van der Waals surface area contributed by atoms with E-state index in [0.29, 0.717) is 0 Å². The third-order valence-corrected chi connectivity index (χ3v) is 0.431. The van der Waals surface area contributed by atoms with Crippen LogP contribution < -0.4 is 0 Å². The van der Waals surface area contributed by atoms with E-state index in [2.05, 4.69) is 0 Å². The van der Waals surface area contributed by atoms with Crippen molar-refractivity contribution in [3.63, 3.8) is 0 Å². The SMILES string of the molecule is C/C(Cl)=C/C(=O)O.[Zn]. The number of carbonyl (C=O) groups is 1. The van der Waals surface area contributed by atoms with E-state index < -0.39 is 5.97 Å². The van der Waals surface area contributed by atoms with E-state index >= 15 is 0 Å². The first-order valence-electron chi connectivity index (χ1n) is 1.69. The average molecular weight is 186 g/mol. The fourth-order valence-corrected chi connectivity index (χ4v) is 0.263. The molecule has 42 valence electrons. The molecule has 0 aromatic rings. The number of carboxylic acid groups (broad SMARTS) is 1. The van der Waals surface area contributed by atoms with E-state index in [4.69, 9.17) is 16.7 Å². The van der Waals surface area contributed by atoms with Crippen LogP contribution in [0, 0.1) is 0 Å². The molecule has 2 nitrogen and oxygen atoms in total. The van der Waals surface area contributed by atoms with Gasteiger partial charge in [0.05, 0.1) is 0 Å². The Hall–Kier alpha value is 0.123. The van der Waals surface area contributed by atoms with Gasteiger partial charge in [-0.15, -0.1) is 0 Å². The zero-order valence-corrected chi connectivity index (χ0v) is 8.24. The Morgan fingerprint density at radius 2 is 2.12 bits per heavy atom. The number of carboxylic acids is 1. The molecule has 0 heterocycles. The molecular weight excluding hydrogens is 181 g/mol. The van der Waals surface area contributed by atoms with Crippen molar-refractivity contribution in [3.05, 3.63) is 11.1 Å². The van der Waals surface area contributed by atoms with Crippen LogP contribution in [-0.4, -0.2) is 11.1 Å². The smallest absolute Gasteiger partial charge is 0.329 e. The minimum atomic E-state index is -1.01. The standard InChI is InChI=1S/C4H5ClO2.Zn/c1-3(5)2-4(6)7;/h2H,1H3,(H,6,7);/b3-2-;. The summed E-state index contributed by atoms with van der Waals surface area (Å²) in [7, 11) is 0. The Bertz CT molecular complexity index is 107. The topological polar surface area (TPSA) is 37.3 Å². The second-order valence-electron chi connectivity index (χ2n) is 1.07. The molecule has 0 aliphatic rings. The molecule has 0 radical (unpaired) electrons. The van der Waals surface area contributed by atoms with Gasteiger partial charge in [-0.1, -0.05) is 11.6 Å². The Morgan fingerprint density at radius 3 is 2.12 bits per heavy atom. The number of halogens is 1. The summed E-state index contributed by atoms with van der Waals surface area (Å²) in [5.41, 5.74) is 0. The zero-order chi connectivity index (χ0) is 5.86. The molecule has 0 fully saturated rings. The Kier molecular flexibility index (Phi) is 7.23. The molecule has 0 saturated heterocycles. The van der Waals surface area contributed by atoms with Crippen LogP contribution in [0.1, 0.15) is 6.92 Å². The Labute approximate surface area is 65.3 Å². The van der Waals surface area contributed by atoms with Gasteiger partial charge < -0.3 is 5.11 Å². The molecule has 0 aliphatic heterocycles. The summed E-state index contributed by atoms with van der Waals surface area (Å²) < 4.78 is 0. The Balaban J connectivity index is 0. The van der Waals surface area contributed by atoms with Crippen molar-refractivity contribution in [2.24, 2.45) is 0 Å². The zero-order valence-electron chi connectivity index (χ0n) is 4.52. The van der Waals surface area contributed by atoms with Crippen molar-refractivity contribution < 1.29 is 29.4 Å². The summed E-state index contributed by atoms with van der Waals surface area (Å²) in [6, 6.07) is 0. The van der Waals surface area contributed by atoms with Crippen molar-refractivity contribution in [2.75, 3.05) is 0 Å². The van der Waals surface area contributed by atoms with Crippen molar-refractivity contribution in [1.29, 1.82) is 0 Å². The van der Waals surface area contributed by atoms with E-state index in [1.807, 2.05) is 0 Å². The second kappa shape index (κ2) is 5.26. The average Bonchev–Trinajstić information content (AvgIpc) is 1.27. The van der Waals surface area contributed by atoms with E-state index in [1.54, 1.807) is 0 Å². The van der Waals surface area contributed by atoms with Crippen molar-refractivity contribution >= 4 is 17.6 Å². The van der Waals surface area contributed by atoms with Crippen molar-refractivity contribution in [2.45, 2.75) is 6.92 Å². The summed E-state index contributed by atoms with van der Waals surface area (Å²) in [5.74, 6) is -1.01. The molecule has 8 heavy (non-hydrogen) atoms. The molecule has 0 aromatic heterocycles. The van der Waals surface area contributed by atoms with Gasteiger partial charge in [0.25, 0.3) is 0 Å². The maximum Gasteiger partial charge on any atom is 0.329 e. The van der Waals surface area contributed by atoms with Crippen LogP contribution in [0.25, 0.3) is 0 Å². The van der Waals surface area contributed by atoms with Crippen LogP contribution in [0.3, 0.4) is 0 Å². The first kappa shape index (κ1) is 11.0. The summed E-state index contributed by atoms with van der Waals surface area (Å²) in [6.45, 7) is 1.51. The van der Waals surface area contributed by atoms with Gasteiger partial charge in [-0.25, -0.2) is 4.79 Å². The van der Waals surface area contributed by atoms with Gasteiger partial charge in [0.2, 0.25) is 0 Å².